The number of fused-ring (bicyclic) bond motifs is 1. The van der Waals surface area contributed by atoms with Gasteiger partial charge in [0.1, 0.15) is 24.4 Å². The molecule has 2 aliphatic heterocycles. The molecule has 2 bridgehead atoms. The molecule has 0 saturated heterocycles. The van der Waals surface area contributed by atoms with Crippen LogP contribution in [0.3, 0.4) is 0 Å². The third-order valence-corrected chi connectivity index (χ3v) is 7.06. The summed E-state index contributed by atoms with van der Waals surface area (Å²) in [5, 5.41) is 0. The van der Waals surface area contributed by atoms with Crippen LogP contribution >= 0.6 is 0 Å². The monoisotopic (exact) mass is 385 g/mol. The number of hydrogen-bond acceptors (Lipinski definition) is 2. The first-order valence-corrected chi connectivity index (χ1v) is 10.6. The lowest BCUT2D eigenvalue weighted by Gasteiger charge is -2.49. The average Bonchev–Trinajstić information content (AvgIpc) is 3.54. The van der Waals surface area contributed by atoms with Crippen LogP contribution in [0.4, 0.5) is 0 Å². The van der Waals surface area contributed by atoms with Gasteiger partial charge >= 0.3 is 0 Å². The van der Waals surface area contributed by atoms with Gasteiger partial charge in [-0.25, -0.2) is 9.13 Å². The Morgan fingerprint density at radius 2 is 1.76 bits per heavy atom. The molecular formula is C25H25N2O2+. The first-order valence-electron chi connectivity index (χ1n) is 10.6. The average molecular weight is 385 g/mol. The van der Waals surface area contributed by atoms with Crippen molar-refractivity contribution in [3.05, 3.63) is 102 Å². The minimum atomic E-state index is -0.193. The Kier molecular flexibility index (Phi) is 3.64. The highest BCUT2D eigenvalue weighted by atomic mass is 16.3. The second-order valence-electron chi connectivity index (χ2n) is 8.39. The van der Waals surface area contributed by atoms with Crippen molar-refractivity contribution in [1.82, 2.24) is 4.57 Å². The summed E-state index contributed by atoms with van der Waals surface area (Å²) in [5.41, 5.74) is 5.16. The zero-order chi connectivity index (χ0) is 19.4. The molecule has 4 nitrogen and oxygen atoms in total. The fraction of sp³-hybridized carbons (Fsp3) is 0.320. The van der Waals surface area contributed by atoms with Gasteiger partial charge in [0, 0.05) is 28.5 Å². The van der Waals surface area contributed by atoms with E-state index in [0.29, 0.717) is 6.04 Å². The molecule has 0 spiro atoms. The van der Waals surface area contributed by atoms with Crippen molar-refractivity contribution < 1.29 is 13.4 Å². The number of hydrogen-bond donors (Lipinski definition) is 0. The molecule has 1 aromatic carbocycles. The topological polar surface area (TPSA) is 35.1 Å². The van der Waals surface area contributed by atoms with E-state index in [0.717, 1.165) is 13.0 Å². The molecule has 0 fully saturated rings. The molecule has 7 rings (SSSR count). The first-order chi connectivity index (χ1) is 14.3. The van der Waals surface area contributed by atoms with Crippen molar-refractivity contribution in [2.24, 2.45) is 0 Å². The lowest BCUT2D eigenvalue weighted by atomic mass is 9.55. The van der Waals surface area contributed by atoms with Crippen molar-refractivity contribution in [3.8, 4) is 0 Å². The molecule has 5 heterocycles. The van der Waals surface area contributed by atoms with Gasteiger partial charge in [-0.05, 0) is 24.1 Å². The molecule has 4 aromatic rings. The van der Waals surface area contributed by atoms with Gasteiger partial charge in [-0.3, -0.25) is 0 Å². The number of aryl methyl sites for hydroxylation is 1. The van der Waals surface area contributed by atoms with Gasteiger partial charge in [-0.2, -0.15) is 0 Å². The predicted molar refractivity (Wildman–Crippen MR) is 109 cm³/mol. The van der Waals surface area contributed by atoms with Crippen molar-refractivity contribution >= 4 is 0 Å². The van der Waals surface area contributed by atoms with E-state index in [1.807, 2.05) is 12.5 Å². The first kappa shape index (κ1) is 16.9. The number of unbranched alkanes of at least 4 members (excludes halogenated alkanes) is 1. The van der Waals surface area contributed by atoms with Gasteiger partial charge in [0.2, 0.25) is 0 Å². The van der Waals surface area contributed by atoms with Gasteiger partial charge in [0.25, 0.3) is 5.82 Å². The summed E-state index contributed by atoms with van der Waals surface area (Å²) >= 11 is 0. The highest BCUT2D eigenvalue weighted by Crippen LogP contribution is 2.61. The maximum Gasteiger partial charge on any atom is 0.265 e. The molecule has 4 heteroatoms. The van der Waals surface area contributed by atoms with E-state index in [9.17, 15) is 0 Å². The van der Waals surface area contributed by atoms with Crippen LogP contribution in [-0.4, -0.2) is 4.57 Å². The molecule has 3 aromatic heterocycles. The lowest BCUT2D eigenvalue weighted by Crippen LogP contribution is -2.53. The van der Waals surface area contributed by atoms with E-state index in [2.05, 4.69) is 64.8 Å². The second kappa shape index (κ2) is 6.24. The summed E-state index contributed by atoms with van der Waals surface area (Å²) < 4.78 is 16.2. The summed E-state index contributed by atoms with van der Waals surface area (Å²) in [7, 11) is 0. The Balaban J connectivity index is 1.66. The molecular weight excluding hydrogens is 360 g/mol. The number of benzene rings is 1. The van der Waals surface area contributed by atoms with Gasteiger partial charge in [-0.1, -0.05) is 37.6 Å². The van der Waals surface area contributed by atoms with E-state index in [1.165, 1.54) is 40.9 Å². The van der Waals surface area contributed by atoms with E-state index in [4.69, 9.17) is 8.83 Å². The largest absolute Gasteiger partial charge is 0.472 e. The molecule has 1 aliphatic carbocycles. The molecule has 0 saturated carbocycles. The number of imidazole rings is 1. The minimum absolute atomic E-state index is 0.193. The van der Waals surface area contributed by atoms with Gasteiger partial charge in [-0.15, -0.1) is 0 Å². The molecule has 3 aliphatic rings. The summed E-state index contributed by atoms with van der Waals surface area (Å²) in [6.07, 6.45) is 15.4. The lowest BCUT2D eigenvalue weighted by molar-refractivity contribution is -0.706. The quantitative estimate of drug-likeness (QED) is 0.443. The molecule has 2 unspecified atom stereocenters. The van der Waals surface area contributed by atoms with Crippen LogP contribution in [0, 0.1) is 0 Å². The van der Waals surface area contributed by atoms with Crippen molar-refractivity contribution in [3.63, 3.8) is 0 Å². The van der Waals surface area contributed by atoms with Crippen LogP contribution in [0.15, 0.2) is 82.7 Å². The standard InChI is InChI=1S/C25H25N2O2/c1-2-3-10-26-11-12-27-22-15-25(18-8-13-28-16-18,19-9-14-29-17-19)23(24(26)27)21-7-5-4-6-20(21)22/h4-9,11-14,16-17,22-23H,2-3,10,15H2,1H3/q+1. The molecule has 0 radical (unpaired) electrons. The summed E-state index contributed by atoms with van der Waals surface area (Å²) in [6.45, 7) is 3.31. The van der Waals surface area contributed by atoms with Gasteiger partial charge < -0.3 is 8.83 Å². The third-order valence-electron chi connectivity index (χ3n) is 7.06. The maximum atomic E-state index is 5.61. The summed E-state index contributed by atoms with van der Waals surface area (Å²) in [4.78, 5) is 0. The summed E-state index contributed by atoms with van der Waals surface area (Å²) in [6, 6.07) is 13.6. The zero-order valence-corrected chi connectivity index (χ0v) is 16.6. The number of rotatable bonds is 5. The van der Waals surface area contributed by atoms with Crippen LogP contribution < -0.4 is 4.57 Å². The Labute approximate surface area is 170 Å². The number of aromatic nitrogens is 2. The SMILES string of the molecule is CCCC[n+]1ccn2c1C1c3ccccc3C2CC1(c1ccoc1)c1ccoc1. The number of nitrogens with zero attached hydrogens (tertiary/aromatic N) is 2. The Morgan fingerprint density at radius 1 is 1.03 bits per heavy atom. The zero-order valence-electron chi connectivity index (χ0n) is 16.6. The molecule has 29 heavy (non-hydrogen) atoms. The molecule has 146 valence electrons. The van der Waals surface area contributed by atoms with E-state index in [-0.39, 0.29) is 11.3 Å². The Morgan fingerprint density at radius 3 is 2.41 bits per heavy atom. The van der Waals surface area contributed by atoms with Crippen molar-refractivity contribution in [1.29, 1.82) is 0 Å². The van der Waals surface area contributed by atoms with Crippen molar-refractivity contribution in [2.45, 2.75) is 50.1 Å². The van der Waals surface area contributed by atoms with Crippen LogP contribution in [-0.2, 0) is 12.0 Å². The van der Waals surface area contributed by atoms with Crippen LogP contribution in [0.2, 0.25) is 0 Å². The highest BCUT2D eigenvalue weighted by Gasteiger charge is 2.60. The molecule has 0 amide bonds. The smallest absolute Gasteiger partial charge is 0.265 e. The summed E-state index contributed by atoms with van der Waals surface area (Å²) in [5.74, 6) is 1.61. The maximum absolute atomic E-state index is 5.61. The Bertz CT molecular complexity index is 1100. The van der Waals surface area contributed by atoms with Crippen LogP contribution in [0.25, 0.3) is 0 Å². The van der Waals surface area contributed by atoms with Crippen LogP contribution in [0.1, 0.15) is 66.2 Å². The van der Waals surface area contributed by atoms with E-state index in [1.54, 1.807) is 12.5 Å². The van der Waals surface area contributed by atoms with E-state index < -0.39 is 0 Å². The predicted octanol–water partition coefficient (Wildman–Crippen LogP) is 5.19. The van der Waals surface area contributed by atoms with Gasteiger partial charge in [0.05, 0.1) is 31.6 Å². The van der Waals surface area contributed by atoms with Gasteiger partial charge in [0.15, 0.2) is 0 Å². The minimum Gasteiger partial charge on any atom is -0.472 e. The fourth-order valence-corrected chi connectivity index (χ4v) is 5.80. The second-order valence-corrected chi connectivity index (χ2v) is 8.39. The normalized spacial score (nSPS) is 21.1. The fourth-order valence-electron chi connectivity index (χ4n) is 5.80. The molecule has 0 N–H and O–H groups in total. The van der Waals surface area contributed by atoms with Crippen LogP contribution in [0.5, 0.6) is 0 Å². The Hall–Kier alpha value is -3.01. The van der Waals surface area contributed by atoms with E-state index >= 15 is 0 Å². The molecule has 2 atom stereocenters. The highest BCUT2D eigenvalue weighted by molar-refractivity contribution is 5.54. The van der Waals surface area contributed by atoms with Crippen molar-refractivity contribution in [2.75, 3.05) is 0 Å². The third kappa shape index (κ3) is 2.17. The number of furan rings is 2.